The van der Waals surface area contributed by atoms with Crippen molar-refractivity contribution in [1.82, 2.24) is 0 Å². The van der Waals surface area contributed by atoms with Crippen LogP contribution in [0.5, 0.6) is 0 Å². The van der Waals surface area contributed by atoms with Gasteiger partial charge in [0.2, 0.25) is 5.91 Å². The fourth-order valence-corrected chi connectivity index (χ4v) is 3.25. The number of nitrogen functional groups attached to an aromatic ring is 1. The Hall–Kier alpha value is -2.05. The van der Waals surface area contributed by atoms with Crippen LogP contribution in [0.2, 0.25) is 0 Å². The van der Waals surface area contributed by atoms with E-state index < -0.39 is 14.6 Å². The van der Waals surface area contributed by atoms with Gasteiger partial charge in [-0.05, 0) is 56.2 Å². The standard InChI is InChI=1S/C19H24N2O3S.ClH/c1-19(2,3)25(23,24)13-15-5-4-6-17(11-15)21-18(22)12-14-7-9-16(20)10-8-14;/h4-11H,12-13,20H2,1-3H3,(H,21,22);1H. The minimum atomic E-state index is -3.27. The molecule has 0 saturated heterocycles. The first-order valence-electron chi connectivity index (χ1n) is 8.02. The van der Waals surface area contributed by atoms with Gasteiger partial charge in [-0.2, -0.15) is 0 Å². The van der Waals surface area contributed by atoms with Crippen LogP contribution < -0.4 is 11.1 Å². The average molecular weight is 397 g/mol. The Morgan fingerprint density at radius 3 is 2.23 bits per heavy atom. The molecule has 2 aromatic carbocycles. The maximum absolute atomic E-state index is 12.3. The number of hydrogen-bond acceptors (Lipinski definition) is 4. The SMILES string of the molecule is CC(C)(C)S(=O)(=O)Cc1cccc(NC(=O)Cc2ccc(N)cc2)c1.Cl. The quantitative estimate of drug-likeness (QED) is 0.756. The lowest BCUT2D eigenvalue weighted by Crippen LogP contribution is -2.29. The number of halogens is 1. The normalized spacial score (nSPS) is 11.5. The molecule has 0 heterocycles. The number of sulfone groups is 1. The lowest BCUT2D eigenvalue weighted by molar-refractivity contribution is -0.115. The summed E-state index contributed by atoms with van der Waals surface area (Å²) in [6, 6.07) is 14.0. The van der Waals surface area contributed by atoms with Gasteiger partial charge in [0.15, 0.2) is 9.84 Å². The zero-order chi connectivity index (χ0) is 18.7. The van der Waals surface area contributed by atoms with Crippen LogP contribution in [0.4, 0.5) is 11.4 Å². The molecule has 3 N–H and O–H groups in total. The van der Waals surface area contributed by atoms with Crippen molar-refractivity contribution in [2.75, 3.05) is 11.1 Å². The zero-order valence-corrected chi connectivity index (χ0v) is 16.8. The fraction of sp³-hybridized carbons (Fsp3) is 0.316. The zero-order valence-electron chi connectivity index (χ0n) is 15.2. The van der Waals surface area contributed by atoms with E-state index >= 15 is 0 Å². The molecule has 0 unspecified atom stereocenters. The van der Waals surface area contributed by atoms with Crippen molar-refractivity contribution >= 4 is 39.5 Å². The number of rotatable bonds is 5. The smallest absolute Gasteiger partial charge is 0.228 e. The number of nitrogens with two attached hydrogens (primary N) is 1. The van der Waals surface area contributed by atoms with E-state index in [1.807, 2.05) is 0 Å². The van der Waals surface area contributed by atoms with E-state index in [0.29, 0.717) is 16.9 Å². The molecule has 0 saturated carbocycles. The minimum absolute atomic E-state index is 0. The van der Waals surface area contributed by atoms with Gasteiger partial charge in [0.25, 0.3) is 0 Å². The number of benzene rings is 2. The molecular weight excluding hydrogens is 372 g/mol. The van der Waals surface area contributed by atoms with Crippen molar-refractivity contribution in [3.8, 4) is 0 Å². The minimum Gasteiger partial charge on any atom is -0.399 e. The van der Waals surface area contributed by atoms with E-state index in [1.54, 1.807) is 69.3 Å². The largest absolute Gasteiger partial charge is 0.399 e. The molecule has 7 heteroatoms. The topological polar surface area (TPSA) is 89.3 Å². The number of carbonyl (C=O) groups is 1. The summed E-state index contributed by atoms with van der Waals surface area (Å²) in [7, 11) is -3.27. The summed E-state index contributed by atoms with van der Waals surface area (Å²) in [4.78, 5) is 12.2. The molecule has 0 radical (unpaired) electrons. The van der Waals surface area contributed by atoms with Crippen molar-refractivity contribution in [2.24, 2.45) is 0 Å². The molecule has 0 aliphatic carbocycles. The number of amides is 1. The van der Waals surface area contributed by atoms with Crippen molar-refractivity contribution in [1.29, 1.82) is 0 Å². The van der Waals surface area contributed by atoms with Gasteiger partial charge in [-0.15, -0.1) is 12.4 Å². The molecule has 0 fully saturated rings. The van der Waals surface area contributed by atoms with Crippen LogP contribution >= 0.6 is 12.4 Å². The Kier molecular flexibility index (Phi) is 7.24. The summed E-state index contributed by atoms with van der Waals surface area (Å²) in [6.45, 7) is 5.04. The maximum atomic E-state index is 12.3. The second-order valence-corrected chi connectivity index (χ2v) is 9.78. The summed E-state index contributed by atoms with van der Waals surface area (Å²) < 4.78 is 23.8. The third-order valence-electron chi connectivity index (χ3n) is 3.84. The number of hydrogen-bond donors (Lipinski definition) is 2. The van der Waals surface area contributed by atoms with Gasteiger partial charge in [-0.1, -0.05) is 24.3 Å². The van der Waals surface area contributed by atoms with E-state index in [-0.39, 0.29) is 30.5 Å². The van der Waals surface area contributed by atoms with E-state index in [2.05, 4.69) is 5.32 Å². The third kappa shape index (κ3) is 6.04. The molecule has 0 spiro atoms. The van der Waals surface area contributed by atoms with Gasteiger partial charge in [-0.25, -0.2) is 8.42 Å². The molecule has 0 aliphatic heterocycles. The Bertz CT molecular complexity index is 857. The predicted molar refractivity (Wildman–Crippen MR) is 109 cm³/mol. The second kappa shape index (κ2) is 8.56. The van der Waals surface area contributed by atoms with Gasteiger partial charge in [0.05, 0.1) is 16.9 Å². The molecule has 2 aromatic rings. The Balaban J connectivity index is 0.00000338. The van der Waals surface area contributed by atoms with E-state index in [4.69, 9.17) is 5.73 Å². The fourth-order valence-electron chi connectivity index (χ4n) is 2.20. The molecule has 0 aliphatic rings. The predicted octanol–water partition coefficient (Wildman–Crippen LogP) is 3.59. The van der Waals surface area contributed by atoms with Gasteiger partial charge in [-0.3, -0.25) is 4.79 Å². The van der Waals surface area contributed by atoms with Crippen LogP contribution in [-0.4, -0.2) is 19.1 Å². The molecule has 0 bridgehead atoms. The lowest BCUT2D eigenvalue weighted by Gasteiger charge is -2.19. The van der Waals surface area contributed by atoms with Crippen LogP contribution in [0.25, 0.3) is 0 Å². The number of anilines is 2. The first-order chi connectivity index (χ1) is 11.6. The maximum Gasteiger partial charge on any atom is 0.228 e. The van der Waals surface area contributed by atoms with Crippen LogP contribution in [0, 0.1) is 0 Å². The van der Waals surface area contributed by atoms with Crippen molar-refractivity contribution in [3.63, 3.8) is 0 Å². The monoisotopic (exact) mass is 396 g/mol. The molecule has 0 atom stereocenters. The highest BCUT2D eigenvalue weighted by atomic mass is 35.5. The third-order valence-corrected chi connectivity index (χ3v) is 6.42. The highest BCUT2D eigenvalue weighted by Gasteiger charge is 2.28. The van der Waals surface area contributed by atoms with Crippen molar-refractivity contribution < 1.29 is 13.2 Å². The van der Waals surface area contributed by atoms with Gasteiger partial charge in [0, 0.05) is 11.4 Å². The van der Waals surface area contributed by atoms with Crippen molar-refractivity contribution in [3.05, 3.63) is 59.7 Å². The van der Waals surface area contributed by atoms with E-state index in [0.717, 1.165) is 5.56 Å². The molecular formula is C19H25ClN2O3S. The van der Waals surface area contributed by atoms with Gasteiger partial charge < -0.3 is 11.1 Å². The Morgan fingerprint density at radius 1 is 1.04 bits per heavy atom. The number of nitrogens with one attached hydrogen (secondary N) is 1. The van der Waals surface area contributed by atoms with E-state index in [9.17, 15) is 13.2 Å². The van der Waals surface area contributed by atoms with Crippen LogP contribution in [-0.2, 0) is 26.8 Å². The summed E-state index contributed by atoms with van der Waals surface area (Å²) >= 11 is 0. The van der Waals surface area contributed by atoms with E-state index in [1.165, 1.54) is 0 Å². The lowest BCUT2D eigenvalue weighted by atomic mass is 10.1. The van der Waals surface area contributed by atoms with Gasteiger partial charge in [0.1, 0.15) is 0 Å². The molecule has 0 aromatic heterocycles. The van der Waals surface area contributed by atoms with Crippen molar-refractivity contribution in [2.45, 2.75) is 37.7 Å². The van der Waals surface area contributed by atoms with Crippen LogP contribution in [0.15, 0.2) is 48.5 Å². The summed E-state index contributed by atoms with van der Waals surface area (Å²) in [5, 5.41) is 2.80. The van der Waals surface area contributed by atoms with Crippen LogP contribution in [0.3, 0.4) is 0 Å². The highest BCUT2D eigenvalue weighted by molar-refractivity contribution is 7.91. The first-order valence-corrected chi connectivity index (χ1v) is 9.67. The molecule has 26 heavy (non-hydrogen) atoms. The summed E-state index contributed by atoms with van der Waals surface area (Å²) in [6.07, 6.45) is 0.227. The summed E-state index contributed by atoms with van der Waals surface area (Å²) in [5.41, 5.74) is 8.38. The average Bonchev–Trinajstić information content (AvgIpc) is 2.48. The molecule has 2 rings (SSSR count). The van der Waals surface area contributed by atoms with Crippen LogP contribution in [0.1, 0.15) is 31.9 Å². The molecule has 1 amide bonds. The highest BCUT2D eigenvalue weighted by Crippen LogP contribution is 2.22. The molecule has 142 valence electrons. The Labute approximate surface area is 161 Å². The first kappa shape index (κ1) is 22.0. The van der Waals surface area contributed by atoms with Gasteiger partial charge >= 0.3 is 0 Å². The molecule has 5 nitrogen and oxygen atoms in total. The summed E-state index contributed by atoms with van der Waals surface area (Å²) in [5.74, 6) is -0.223. The number of carbonyl (C=O) groups excluding carboxylic acids is 1. The Morgan fingerprint density at radius 2 is 1.65 bits per heavy atom. The second-order valence-electron chi connectivity index (χ2n) is 7.04.